The Kier molecular flexibility index (Phi) is 7.32. The van der Waals surface area contributed by atoms with E-state index in [1.165, 1.54) is 7.11 Å². The Bertz CT molecular complexity index is 462. The van der Waals surface area contributed by atoms with Crippen molar-refractivity contribution in [1.29, 1.82) is 0 Å². The summed E-state index contributed by atoms with van der Waals surface area (Å²) in [6, 6.07) is -0.0336. The minimum atomic E-state index is -1.89. The molecule has 0 bridgehead atoms. The zero-order valence-corrected chi connectivity index (χ0v) is 17.8. The minimum absolute atomic E-state index is 0.0336. The first-order valence-electron chi connectivity index (χ1n) is 8.57. The Morgan fingerprint density at radius 3 is 2.33 bits per heavy atom. The number of hydrogen-bond acceptors (Lipinski definition) is 4. The van der Waals surface area contributed by atoms with E-state index < -0.39 is 13.7 Å². The third-order valence-corrected chi connectivity index (χ3v) is 9.99. The minimum Gasteiger partial charge on any atom is -0.469 e. The lowest BCUT2D eigenvalue weighted by Gasteiger charge is -2.42. The number of hydrogen-bond donors (Lipinski definition) is 0. The Hall–Kier alpha value is -0.593. The number of halogens is 1. The van der Waals surface area contributed by atoms with E-state index in [0.29, 0.717) is 19.6 Å². The van der Waals surface area contributed by atoms with Crippen molar-refractivity contribution < 1.29 is 18.8 Å². The first kappa shape index (κ1) is 21.4. The van der Waals surface area contributed by atoms with E-state index in [9.17, 15) is 9.59 Å². The number of rotatable bonds is 5. The summed E-state index contributed by atoms with van der Waals surface area (Å²) in [5.41, 5.74) is 0. The molecule has 1 rings (SSSR count). The summed E-state index contributed by atoms with van der Waals surface area (Å²) in [4.78, 5) is 26.0. The average Bonchev–Trinajstić information content (AvgIpc) is 2.50. The fourth-order valence-electron chi connectivity index (χ4n) is 2.58. The maximum atomic E-state index is 12.5. The molecule has 1 heterocycles. The van der Waals surface area contributed by atoms with Crippen LogP contribution in [0.25, 0.3) is 0 Å². The number of piperidine rings is 1. The largest absolute Gasteiger partial charge is 0.469 e. The van der Waals surface area contributed by atoms with Gasteiger partial charge in [-0.2, -0.15) is 0 Å². The fraction of sp³-hybridized carbons (Fsp3) is 0.882. The summed E-state index contributed by atoms with van der Waals surface area (Å²) < 4.78 is 11.1. The van der Waals surface area contributed by atoms with Gasteiger partial charge in [-0.15, -0.1) is 11.6 Å². The van der Waals surface area contributed by atoms with E-state index in [2.05, 4.69) is 33.9 Å². The van der Waals surface area contributed by atoms with Gasteiger partial charge < -0.3 is 14.1 Å². The van der Waals surface area contributed by atoms with Crippen molar-refractivity contribution in [2.75, 3.05) is 20.3 Å². The van der Waals surface area contributed by atoms with Crippen LogP contribution in [0.3, 0.4) is 0 Å². The summed E-state index contributed by atoms with van der Waals surface area (Å²) in [7, 11) is -0.508. The molecule has 0 aliphatic carbocycles. The van der Waals surface area contributed by atoms with Crippen LogP contribution in [0.15, 0.2) is 0 Å². The van der Waals surface area contributed by atoms with E-state index in [4.69, 9.17) is 20.8 Å². The van der Waals surface area contributed by atoms with Crippen LogP contribution in [-0.2, 0) is 18.8 Å². The second-order valence-corrected chi connectivity index (χ2v) is 13.6. The van der Waals surface area contributed by atoms with Crippen molar-refractivity contribution in [1.82, 2.24) is 4.90 Å². The third kappa shape index (κ3) is 5.20. The van der Waals surface area contributed by atoms with Crippen LogP contribution in [0.4, 0.5) is 0 Å². The van der Waals surface area contributed by atoms with Crippen LogP contribution in [0.2, 0.25) is 18.1 Å². The van der Waals surface area contributed by atoms with Crippen LogP contribution >= 0.6 is 11.6 Å². The van der Waals surface area contributed by atoms with Gasteiger partial charge in [-0.1, -0.05) is 20.8 Å². The summed E-state index contributed by atoms with van der Waals surface area (Å²) in [5.74, 6) is -0.689. The number of amides is 1. The van der Waals surface area contributed by atoms with Gasteiger partial charge in [0, 0.05) is 6.54 Å². The standard InChI is InChI=1S/C17H32ClNO4Si/c1-12(18)15(20)19-10-13(16(21)22-5)8-9-14(19)11-23-24(6,7)17(2,3)4/h12-14H,8-11H2,1-7H3/t12-,13+,14+/m1/s1. The normalized spacial score (nSPS) is 23.8. The molecule has 0 aromatic heterocycles. The highest BCUT2D eigenvalue weighted by Gasteiger charge is 2.41. The highest BCUT2D eigenvalue weighted by molar-refractivity contribution is 6.74. The van der Waals surface area contributed by atoms with Crippen LogP contribution in [0.5, 0.6) is 0 Å². The molecule has 0 unspecified atom stereocenters. The van der Waals surface area contributed by atoms with E-state index >= 15 is 0 Å². The number of alkyl halides is 1. The van der Waals surface area contributed by atoms with Crippen LogP contribution in [-0.4, -0.2) is 56.8 Å². The van der Waals surface area contributed by atoms with Crippen molar-refractivity contribution in [3.8, 4) is 0 Å². The lowest BCUT2D eigenvalue weighted by atomic mass is 9.92. The molecule has 0 N–H and O–H groups in total. The quantitative estimate of drug-likeness (QED) is 0.418. The molecular weight excluding hydrogens is 346 g/mol. The van der Waals surface area contributed by atoms with Crippen LogP contribution in [0.1, 0.15) is 40.5 Å². The Morgan fingerprint density at radius 2 is 1.88 bits per heavy atom. The maximum absolute atomic E-state index is 12.5. The van der Waals surface area contributed by atoms with Crippen molar-refractivity contribution in [3.63, 3.8) is 0 Å². The van der Waals surface area contributed by atoms with Gasteiger partial charge in [-0.25, -0.2) is 0 Å². The van der Waals surface area contributed by atoms with Gasteiger partial charge in [0.05, 0.1) is 25.7 Å². The number of methoxy groups -OCH3 is 1. The molecule has 1 saturated heterocycles. The van der Waals surface area contributed by atoms with E-state index in [0.717, 1.165) is 6.42 Å². The molecule has 0 spiro atoms. The summed E-state index contributed by atoms with van der Waals surface area (Å²) in [6.07, 6.45) is 1.43. The SMILES string of the molecule is COC(=O)[C@H]1CC[C@@H](CO[Si](C)(C)C(C)(C)C)N(C(=O)[C@@H](C)Cl)C1. The number of carbonyl (C=O) groups excluding carboxylic acids is 2. The van der Waals surface area contributed by atoms with Gasteiger partial charge in [0.1, 0.15) is 5.38 Å². The van der Waals surface area contributed by atoms with Crippen LogP contribution < -0.4 is 0 Å². The van der Waals surface area contributed by atoms with Gasteiger partial charge in [-0.3, -0.25) is 9.59 Å². The molecule has 0 aromatic carbocycles. The molecule has 3 atom stereocenters. The Morgan fingerprint density at radius 1 is 1.29 bits per heavy atom. The van der Waals surface area contributed by atoms with Gasteiger partial charge in [-0.05, 0) is 37.9 Å². The highest BCUT2D eigenvalue weighted by atomic mass is 35.5. The highest BCUT2D eigenvalue weighted by Crippen LogP contribution is 2.37. The number of carbonyl (C=O) groups is 2. The van der Waals surface area contributed by atoms with E-state index in [1.54, 1.807) is 11.8 Å². The molecule has 1 fully saturated rings. The third-order valence-electron chi connectivity index (χ3n) is 5.31. The molecular formula is C17H32ClNO4Si. The van der Waals surface area contributed by atoms with Crippen molar-refractivity contribution in [2.24, 2.45) is 5.92 Å². The van der Waals surface area contributed by atoms with Gasteiger partial charge >= 0.3 is 5.97 Å². The smallest absolute Gasteiger partial charge is 0.310 e. The molecule has 24 heavy (non-hydrogen) atoms. The first-order valence-corrected chi connectivity index (χ1v) is 11.9. The Balaban J connectivity index is 2.84. The number of ether oxygens (including phenoxy) is 1. The van der Waals surface area contributed by atoms with Crippen LogP contribution in [0, 0.1) is 5.92 Å². The second-order valence-electron chi connectivity index (χ2n) is 8.13. The molecule has 0 radical (unpaired) electrons. The van der Waals surface area contributed by atoms with Gasteiger partial charge in [0.2, 0.25) is 5.91 Å². The number of likely N-dealkylation sites (tertiary alicyclic amines) is 1. The topological polar surface area (TPSA) is 55.8 Å². The monoisotopic (exact) mass is 377 g/mol. The van der Waals surface area contributed by atoms with E-state index in [-0.39, 0.29) is 28.9 Å². The molecule has 7 heteroatoms. The molecule has 140 valence electrons. The molecule has 0 aromatic rings. The molecule has 1 amide bonds. The Labute approximate surface area is 152 Å². The summed E-state index contributed by atoms with van der Waals surface area (Å²) in [5, 5.41) is -0.498. The number of nitrogens with zero attached hydrogens (tertiary/aromatic N) is 1. The predicted octanol–water partition coefficient (Wildman–Crippen LogP) is 3.42. The molecule has 0 saturated carbocycles. The maximum Gasteiger partial charge on any atom is 0.310 e. The summed E-state index contributed by atoms with van der Waals surface area (Å²) in [6.45, 7) is 13.5. The zero-order chi connectivity index (χ0) is 18.7. The zero-order valence-electron chi connectivity index (χ0n) is 16.0. The average molecular weight is 378 g/mol. The first-order chi connectivity index (χ1) is 10.9. The molecule has 1 aliphatic rings. The fourth-order valence-corrected chi connectivity index (χ4v) is 3.75. The lowest BCUT2D eigenvalue weighted by molar-refractivity contribution is -0.150. The predicted molar refractivity (Wildman–Crippen MR) is 98.7 cm³/mol. The van der Waals surface area contributed by atoms with E-state index in [1.807, 2.05) is 0 Å². The molecule has 1 aliphatic heterocycles. The molecule has 5 nitrogen and oxygen atoms in total. The lowest BCUT2D eigenvalue weighted by Crippen LogP contribution is -2.54. The summed E-state index contributed by atoms with van der Waals surface area (Å²) >= 11 is 6.01. The van der Waals surface area contributed by atoms with Crippen molar-refractivity contribution in [2.45, 2.75) is 70.1 Å². The van der Waals surface area contributed by atoms with Gasteiger partial charge in [0.15, 0.2) is 8.32 Å². The van der Waals surface area contributed by atoms with Gasteiger partial charge in [0.25, 0.3) is 0 Å². The number of esters is 1. The van der Waals surface area contributed by atoms with Crippen molar-refractivity contribution in [3.05, 3.63) is 0 Å². The van der Waals surface area contributed by atoms with Crippen molar-refractivity contribution >= 4 is 31.8 Å². The second kappa shape index (κ2) is 8.19.